The normalized spacial score (nSPS) is 15.1. The lowest BCUT2D eigenvalue weighted by Crippen LogP contribution is -2.12. The Hall–Kier alpha value is -3.09. The van der Waals surface area contributed by atoms with Crippen molar-refractivity contribution in [1.29, 1.82) is 0 Å². The van der Waals surface area contributed by atoms with E-state index < -0.39 is 10.8 Å². The third-order valence-electron chi connectivity index (χ3n) is 5.35. The van der Waals surface area contributed by atoms with E-state index in [4.69, 9.17) is 11.6 Å². The van der Waals surface area contributed by atoms with Crippen LogP contribution in [0.5, 0.6) is 0 Å². The van der Waals surface area contributed by atoms with E-state index in [0.717, 1.165) is 32.7 Å². The number of benzene rings is 2. The molecule has 0 fully saturated rings. The molecule has 1 aliphatic carbocycles. The van der Waals surface area contributed by atoms with E-state index in [9.17, 15) is 13.4 Å². The van der Waals surface area contributed by atoms with E-state index >= 15 is 0 Å². The molecule has 3 aromatic rings. The number of carbonyl (C=O) groups is 1. The first-order valence-corrected chi connectivity index (χ1v) is 11.8. The van der Waals surface area contributed by atoms with Crippen molar-refractivity contribution in [2.24, 2.45) is 0 Å². The van der Waals surface area contributed by atoms with Crippen LogP contribution in [0.1, 0.15) is 30.0 Å². The highest BCUT2D eigenvalue weighted by Crippen LogP contribution is 2.44. The fourth-order valence-corrected chi connectivity index (χ4v) is 4.42. The maximum absolute atomic E-state index is 14.1. The van der Waals surface area contributed by atoms with Crippen molar-refractivity contribution in [1.82, 2.24) is 4.98 Å². The van der Waals surface area contributed by atoms with Crippen LogP contribution in [0.25, 0.3) is 17.2 Å². The Bertz CT molecular complexity index is 1300. The first-order chi connectivity index (χ1) is 15.3. The van der Waals surface area contributed by atoms with Crippen LogP contribution in [0.15, 0.2) is 71.3 Å². The lowest BCUT2D eigenvalue weighted by atomic mass is 10.0. The number of hydrogen-bond acceptors (Lipinski definition) is 3. The number of amides is 1. The van der Waals surface area contributed by atoms with Gasteiger partial charge in [0, 0.05) is 28.1 Å². The quantitative estimate of drug-likeness (QED) is 0.471. The highest BCUT2D eigenvalue weighted by Gasteiger charge is 2.26. The molecule has 7 heteroatoms. The number of halogens is 2. The van der Waals surface area contributed by atoms with Crippen molar-refractivity contribution < 1.29 is 13.4 Å². The second-order valence-electron chi connectivity index (χ2n) is 7.44. The predicted molar refractivity (Wildman–Crippen MR) is 128 cm³/mol. The molecular weight excluding hydrogens is 447 g/mol. The van der Waals surface area contributed by atoms with Gasteiger partial charge in [0.1, 0.15) is 5.82 Å². The molecule has 1 aromatic heterocycles. The average Bonchev–Trinajstić information content (AvgIpc) is 3.01. The summed E-state index contributed by atoms with van der Waals surface area (Å²) < 4.78 is 25.7. The topological polar surface area (TPSA) is 59.1 Å². The maximum atomic E-state index is 14.1. The van der Waals surface area contributed by atoms with Gasteiger partial charge >= 0.3 is 0 Å². The summed E-state index contributed by atoms with van der Waals surface area (Å²) in [6.45, 7) is 1.93. The molecule has 32 heavy (non-hydrogen) atoms. The maximum Gasteiger partial charge on any atom is 0.228 e. The van der Waals surface area contributed by atoms with E-state index in [2.05, 4.69) is 10.3 Å². The summed E-state index contributed by atoms with van der Waals surface area (Å²) in [6, 6.07) is 15.4. The number of carbonyl (C=O) groups excluding carboxylic acids is 1. The van der Waals surface area contributed by atoms with Crippen molar-refractivity contribution >= 4 is 51.2 Å². The van der Waals surface area contributed by atoms with Gasteiger partial charge in [0.05, 0.1) is 12.1 Å². The van der Waals surface area contributed by atoms with E-state index in [-0.39, 0.29) is 23.3 Å². The molecule has 1 N–H and O–H groups in total. The minimum atomic E-state index is -1.05. The number of nitrogens with zero attached hydrogens (tertiary/aromatic N) is 1. The number of pyridine rings is 1. The largest absolute Gasteiger partial charge is 0.323 e. The lowest BCUT2D eigenvalue weighted by Gasteiger charge is -2.09. The second-order valence-corrected chi connectivity index (χ2v) is 9.18. The summed E-state index contributed by atoms with van der Waals surface area (Å²) >= 11 is 6.04. The molecule has 1 atom stereocenters. The number of allylic oxidation sites excluding steroid dienone is 2. The molecule has 4 nitrogen and oxygen atoms in total. The second kappa shape index (κ2) is 9.18. The first kappa shape index (κ1) is 22.1. The summed E-state index contributed by atoms with van der Waals surface area (Å²) in [5, 5.41) is 2.98. The van der Waals surface area contributed by atoms with Crippen LogP contribution in [0.2, 0.25) is 5.15 Å². The Balaban J connectivity index is 1.69. The van der Waals surface area contributed by atoms with Crippen molar-refractivity contribution in [3.63, 3.8) is 0 Å². The standard InChI is InChI=1S/C25H20ClFN2O2S/c1-15-20(12-16-5-8-18(9-6-16)32(2)31)19-10-7-17(27)13-22(19)21(15)14-24(30)29-23-4-3-11-28-25(23)26/h3-13H,14H2,1-2H3,(H,29,30)/b20-12+/t32-/m1/s1. The molecule has 1 heterocycles. The molecule has 4 rings (SSSR count). The Morgan fingerprint density at radius 1 is 1.16 bits per heavy atom. The average molecular weight is 467 g/mol. The van der Waals surface area contributed by atoms with E-state index in [0.29, 0.717) is 11.3 Å². The minimum absolute atomic E-state index is 0.0681. The van der Waals surface area contributed by atoms with Crippen LogP contribution in [-0.4, -0.2) is 21.4 Å². The van der Waals surface area contributed by atoms with Gasteiger partial charge in [-0.1, -0.05) is 29.8 Å². The number of nitrogens with one attached hydrogen (secondary N) is 1. The van der Waals surface area contributed by atoms with Crippen molar-refractivity contribution in [3.05, 3.63) is 94.0 Å². The Kier molecular flexibility index (Phi) is 6.35. The summed E-state index contributed by atoms with van der Waals surface area (Å²) in [5.41, 5.74) is 5.51. The Labute approximate surface area is 193 Å². The molecule has 1 amide bonds. The van der Waals surface area contributed by atoms with Crippen LogP contribution >= 0.6 is 11.6 Å². The van der Waals surface area contributed by atoms with E-state index in [1.165, 1.54) is 12.1 Å². The number of rotatable bonds is 5. The molecule has 2 aromatic carbocycles. The van der Waals surface area contributed by atoms with Crippen molar-refractivity contribution in [2.75, 3.05) is 11.6 Å². The van der Waals surface area contributed by atoms with Crippen LogP contribution in [0, 0.1) is 5.82 Å². The molecule has 0 saturated heterocycles. The number of hydrogen-bond donors (Lipinski definition) is 1. The summed E-state index contributed by atoms with van der Waals surface area (Å²) in [7, 11) is -1.05. The van der Waals surface area contributed by atoms with Gasteiger partial charge in [0.15, 0.2) is 5.15 Å². The van der Waals surface area contributed by atoms with Gasteiger partial charge < -0.3 is 5.32 Å². The molecule has 1 aliphatic rings. The third-order valence-corrected chi connectivity index (χ3v) is 6.58. The summed E-state index contributed by atoms with van der Waals surface area (Å²) in [5.74, 6) is -0.624. The number of fused-ring (bicyclic) bond motifs is 1. The summed E-state index contributed by atoms with van der Waals surface area (Å²) in [4.78, 5) is 17.5. The molecule has 0 unspecified atom stereocenters. The smallest absolute Gasteiger partial charge is 0.228 e. The molecule has 0 radical (unpaired) electrons. The van der Waals surface area contributed by atoms with Crippen molar-refractivity contribution in [3.8, 4) is 0 Å². The van der Waals surface area contributed by atoms with Gasteiger partial charge in [-0.25, -0.2) is 9.37 Å². The zero-order valence-electron chi connectivity index (χ0n) is 17.5. The van der Waals surface area contributed by atoms with Crippen LogP contribution in [-0.2, 0) is 15.6 Å². The predicted octanol–water partition coefficient (Wildman–Crippen LogP) is 5.97. The zero-order chi connectivity index (χ0) is 22.8. The Morgan fingerprint density at radius 3 is 2.59 bits per heavy atom. The Morgan fingerprint density at radius 2 is 1.91 bits per heavy atom. The lowest BCUT2D eigenvalue weighted by molar-refractivity contribution is -0.115. The number of aromatic nitrogens is 1. The minimum Gasteiger partial charge on any atom is -0.323 e. The van der Waals surface area contributed by atoms with E-state index in [1.54, 1.807) is 30.7 Å². The first-order valence-electron chi connectivity index (χ1n) is 9.89. The van der Waals surface area contributed by atoms with Gasteiger partial charge in [-0.3, -0.25) is 9.00 Å². The van der Waals surface area contributed by atoms with Crippen LogP contribution in [0.3, 0.4) is 0 Å². The van der Waals surface area contributed by atoms with Gasteiger partial charge in [-0.2, -0.15) is 0 Å². The fraction of sp³-hybridized carbons (Fsp3) is 0.120. The van der Waals surface area contributed by atoms with Gasteiger partial charge in [0.25, 0.3) is 0 Å². The van der Waals surface area contributed by atoms with Gasteiger partial charge in [-0.05, 0) is 82.8 Å². The molecule has 0 aliphatic heterocycles. The SMILES string of the molecule is CC1=C(CC(=O)Nc2cccnc2Cl)c2cc(F)ccc2/C1=C/c1ccc([S@@](C)=O)cc1. The highest BCUT2D eigenvalue weighted by molar-refractivity contribution is 7.84. The molecule has 0 saturated carbocycles. The third kappa shape index (κ3) is 4.56. The van der Waals surface area contributed by atoms with Crippen LogP contribution < -0.4 is 5.32 Å². The molecule has 0 bridgehead atoms. The van der Waals surface area contributed by atoms with Crippen molar-refractivity contribution in [2.45, 2.75) is 18.2 Å². The summed E-state index contributed by atoms with van der Waals surface area (Å²) in [6.07, 6.45) is 5.25. The van der Waals surface area contributed by atoms with Gasteiger partial charge in [0.2, 0.25) is 5.91 Å². The highest BCUT2D eigenvalue weighted by atomic mass is 35.5. The molecule has 162 valence electrons. The monoisotopic (exact) mass is 466 g/mol. The van der Waals surface area contributed by atoms with Gasteiger partial charge in [-0.15, -0.1) is 0 Å². The fourth-order valence-electron chi connectivity index (χ4n) is 3.74. The molecular formula is C25H20ClFN2O2S. The molecule has 0 spiro atoms. The zero-order valence-corrected chi connectivity index (χ0v) is 19.1. The van der Waals surface area contributed by atoms with Crippen LogP contribution in [0.4, 0.5) is 10.1 Å². The number of anilines is 1. The van der Waals surface area contributed by atoms with E-state index in [1.807, 2.05) is 37.3 Å².